The lowest BCUT2D eigenvalue weighted by atomic mass is 9.93. The highest BCUT2D eigenvalue weighted by atomic mass is 32.2. The molecule has 0 aromatic heterocycles. The van der Waals surface area contributed by atoms with Crippen LogP contribution in [-0.4, -0.2) is 54.4 Å². The largest absolute Gasteiger partial charge is 0.375 e. The maximum Gasteiger partial charge on any atom is 0.219 e. The van der Waals surface area contributed by atoms with E-state index in [9.17, 15) is 4.79 Å². The Labute approximate surface area is 170 Å². The van der Waals surface area contributed by atoms with Crippen LogP contribution in [0.25, 0.3) is 0 Å². The smallest absolute Gasteiger partial charge is 0.219 e. The van der Waals surface area contributed by atoms with E-state index in [-0.39, 0.29) is 11.5 Å². The zero-order chi connectivity index (χ0) is 19.9. The van der Waals surface area contributed by atoms with Crippen LogP contribution in [0, 0.1) is 5.41 Å². The molecule has 2 aliphatic heterocycles. The van der Waals surface area contributed by atoms with Crippen LogP contribution in [0.4, 0.5) is 0 Å². The Morgan fingerprint density at radius 3 is 2.67 bits per heavy atom. The summed E-state index contributed by atoms with van der Waals surface area (Å²) in [5.41, 5.74) is 0.115. The molecule has 2 fully saturated rings. The lowest BCUT2D eigenvalue weighted by molar-refractivity contribution is -0.121. The predicted octanol–water partition coefficient (Wildman–Crippen LogP) is 3.29. The van der Waals surface area contributed by atoms with Gasteiger partial charge in [0.05, 0.1) is 5.60 Å². The van der Waals surface area contributed by atoms with Crippen LogP contribution in [0.3, 0.4) is 0 Å². The van der Waals surface area contributed by atoms with Crippen LogP contribution in [0.1, 0.15) is 73.1 Å². The number of ether oxygens (including phenoxy) is 1. The van der Waals surface area contributed by atoms with Gasteiger partial charge < -0.3 is 10.1 Å². The van der Waals surface area contributed by atoms with Crippen LogP contribution >= 0.6 is 11.8 Å². The number of thioether (sulfide) groups is 1. The second kappa shape index (κ2) is 10.5. The Morgan fingerprint density at radius 2 is 1.93 bits per heavy atom. The van der Waals surface area contributed by atoms with Gasteiger partial charge in [-0.2, -0.15) is 11.8 Å². The van der Waals surface area contributed by atoms with Crippen molar-refractivity contribution in [1.29, 1.82) is 0 Å². The fourth-order valence-corrected chi connectivity index (χ4v) is 5.26. The van der Waals surface area contributed by atoms with Crippen LogP contribution in [0.2, 0.25) is 0 Å². The summed E-state index contributed by atoms with van der Waals surface area (Å²) in [6, 6.07) is 1.28. The topological polar surface area (TPSA) is 62.4 Å². The number of nitrogens with one attached hydrogen (secondary N) is 3. The molecule has 2 aliphatic rings. The number of hydrogen-bond acceptors (Lipinski definition) is 5. The molecule has 0 aliphatic carbocycles. The Bertz CT molecular complexity index is 465. The first-order valence-electron chi connectivity index (χ1n) is 10.7. The van der Waals surface area contributed by atoms with Crippen molar-refractivity contribution in [2.75, 3.05) is 25.6 Å². The Balaban J connectivity index is 1.49. The number of unbranched alkanes of at least 4 members (excludes halogenated alkanes) is 1. The molecule has 1 amide bonds. The SMILES string of the molecule is CC(C)(C)CCOC(C)(C)CCNC(=O)CCCC[C@@H]1SC[C@@H]2NCN[C@@H]21. The zero-order valence-electron chi connectivity index (χ0n) is 18.0. The molecule has 2 heterocycles. The quantitative estimate of drug-likeness (QED) is 0.465. The van der Waals surface area contributed by atoms with Gasteiger partial charge in [0.2, 0.25) is 5.91 Å². The van der Waals surface area contributed by atoms with Gasteiger partial charge in [0, 0.05) is 49.3 Å². The van der Waals surface area contributed by atoms with Crippen molar-refractivity contribution in [3.8, 4) is 0 Å². The summed E-state index contributed by atoms with van der Waals surface area (Å²) in [7, 11) is 0. The van der Waals surface area contributed by atoms with E-state index in [1.807, 2.05) is 0 Å². The fourth-order valence-electron chi connectivity index (χ4n) is 3.65. The van der Waals surface area contributed by atoms with E-state index in [0.29, 0.717) is 35.7 Å². The Kier molecular flexibility index (Phi) is 8.91. The third kappa shape index (κ3) is 8.71. The minimum atomic E-state index is -0.183. The molecule has 2 saturated heterocycles. The highest BCUT2D eigenvalue weighted by Gasteiger charge is 2.38. The summed E-state index contributed by atoms with van der Waals surface area (Å²) in [6.07, 6.45) is 5.88. The van der Waals surface area contributed by atoms with Crippen LogP contribution < -0.4 is 16.0 Å². The molecule has 0 bridgehead atoms. The standard InChI is InChI=1S/C21H41N3O2S/c1-20(2,3)11-13-26-21(4,5)10-12-22-18(25)9-7-6-8-17-19-16(14-27-17)23-15-24-19/h16-17,19,23-24H,6-15H2,1-5H3,(H,22,25)/t16-,17-,19-/m0/s1. The number of hydrogen-bond donors (Lipinski definition) is 3. The normalized spacial score (nSPS) is 25.6. The molecule has 158 valence electrons. The summed E-state index contributed by atoms with van der Waals surface area (Å²) in [6.45, 7) is 13.3. The molecule has 27 heavy (non-hydrogen) atoms. The van der Waals surface area contributed by atoms with Crippen LogP contribution in [0.5, 0.6) is 0 Å². The van der Waals surface area contributed by atoms with Crippen molar-refractivity contribution in [1.82, 2.24) is 16.0 Å². The van der Waals surface area contributed by atoms with Gasteiger partial charge in [-0.25, -0.2) is 0 Å². The molecule has 0 aromatic carbocycles. The summed E-state index contributed by atoms with van der Waals surface area (Å²) >= 11 is 2.08. The first kappa shape index (κ1) is 23.0. The van der Waals surface area contributed by atoms with Crippen LogP contribution in [0.15, 0.2) is 0 Å². The maximum atomic E-state index is 12.1. The van der Waals surface area contributed by atoms with E-state index in [1.54, 1.807) is 0 Å². The molecular weight excluding hydrogens is 358 g/mol. The van der Waals surface area contributed by atoms with Crippen molar-refractivity contribution in [2.45, 2.75) is 96.1 Å². The molecular formula is C21H41N3O2S. The van der Waals surface area contributed by atoms with E-state index < -0.39 is 0 Å². The lowest BCUT2D eigenvalue weighted by Crippen LogP contribution is -2.36. The third-order valence-corrected chi connectivity index (χ3v) is 7.07. The van der Waals surface area contributed by atoms with E-state index in [2.05, 4.69) is 62.3 Å². The van der Waals surface area contributed by atoms with Crippen molar-refractivity contribution >= 4 is 17.7 Å². The maximum absolute atomic E-state index is 12.1. The summed E-state index contributed by atoms with van der Waals surface area (Å²) in [5, 5.41) is 10.8. The average Bonchev–Trinajstić information content (AvgIpc) is 3.14. The van der Waals surface area contributed by atoms with Gasteiger partial charge in [0.25, 0.3) is 0 Å². The average molecular weight is 400 g/mol. The first-order chi connectivity index (χ1) is 12.7. The minimum Gasteiger partial charge on any atom is -0.375 e. The van der Waals surface area contributed by atoms with E-state index in [4.69, 9.17) is 4.74 Å². The molecule has 3 atom stereocenters. The molecule has 3 N–H and O–H groups in total. The summed E-state index contributed by atoms with van der Waals surface area (Å²) < 4.78 is 6.01. The van der Waals surface area contributed by atoms with E-state index >= 15 is 0 Å². The van der Waals surface area contributed by atoms with Gasteiger partial charge in [-0.05, 0) is 44.9 Å². The third-order valence-electron chi connectivity index (χ3n) is 5.56. The molecule has 0 radical (unpaired) electrons. The second-order valence-electron chi connectivity index (χ2n) is 9.85. The number of fused-ring (bicyclic) bond motifs is 1. The van der Waals surface area contributed by atoms with Crippen molar-refractivity contribution in [3.63, 3.8) is 0 Å². The monoisotopic (exact) mass is 399 g/mol. The van der Waals surface area contributed by atoms with Crippen molar-refractivity contribution < 1.29 is 9.53 Å². The van der Waals surface area contributed by atoms with Gasteiger partial charge >= 0.3 is 0 Å². The lowest BCUT2D eigenvalue weighted by Gasteiger charge is -2.28. The van der Waals surface area contributed by atoms with Gasteiger partial charge in [-0.15, -0.1) is 0 Å². The summed E-state index contributed by atoms with van der Waals surface area (Å²) in [5.74, 6) is 1.40. The molecule has 5 nitrogen and oxygen atoms in total. The molecule has 2 rings (SSSR count). The predicted molar refractivity (Wildman–Crippen MR) is 115 cm³/mol. The molecule has 0 saturated carbocycles. The van der Waals surface area contributed by atoms with Gasteiger partial charge in [-0.3, -0.25) is 15.4 Å². The van der Waals surface area contributed by atoms with Crippen molar-refractivity contribution in [2.24, 2.45) is 5.41 Å². The second-order valence-corrected chi connectivity index (χ2v) is 11.1. The zero-order valence-corrected chi connectivity index (χ0v) is 18.8. The van der Waals surface area contributed by atoms with Crippen molar-refractivity contribution in [3.05, 3.63) is 0 Å². The van der Waals surface area contributed by atoms with E-state index in [1.165, 1.54) is 12.2 Å². The van der Waals surface area contributed by atoms with Crippen LogP contribution in [-0.2, 0) is 9.53 Å². The highest BCUT2D eigenvalue weighted by molar-refractivity contribution is 8.00. The fraction of sp³-hybridized carbons (Fsp3) is 0.952. The number of amides is 1. The number of carbonyl (C=O) groups is 1. The number of carbonyl (C=O) groups excluding carboxylic acids is 1. The Morgan fingerprint density at radius 1 is 1.15 bits per heavy atom. The van der Waals surface area contributed by atoms with Gasteiger partial charge in [0.1, 0.15) is 0 Å². The molecule has 0 unspecified atom stereocenters. The number of rotatable bonds is 11. The summed E-state index contributed by atoms with van der Waals surface area (Å²) in [4.78, 5) is 12.1. The molecule has 0 aromatic rings. The van der Waals surface area contributed by atoms with E-state index in [0.717, 1.165) is 39.0 Å². The minimum absolute atomic E-state index is 0.179. The Hall–Kier alpha value is -0.300. The highest BCUT2D eigenvalue weighted by Crippen LogP contribution is 2.32. The van der Waals surface area contributed by atoms with Gasteiger partial charge in [0.15, 0.2) is 0 Å². The molecule has 6 heteroatoms. The first-order valence-corrected chi connectivity index (χ1v) is 11.7. The molecule has 0 spiro atoms. The van der Waals surface area contributed by atoms with Gasteiger partial charge in [-0.1, -0.05) is 27.2 Å².